The number of benzene rings is 1. The topological polar surface area (TPSA) is 114 Å². The minimum Gasteiger partial charge on any atom is -0.369 e. The van der Waals surface area contributed by atoms with Crippen LogP contribution in [0, 0.1) is 0 Å². The van der Waals surface area contributed by atoms with Crippen LogP contribution in [0.4, 0.5) is 0 Å². The highest BCUT2D eigenvalue weighted by atomic mass is 35.5. The van der Waals surface area contributed by atoms with Crippen LogP contribution >= 0.6 is 34.3 Å². The van der Waals surface area contributed by atoms with Crippen LogP contribution in [0.2, 0.25) is 5.02 Å². The average molecular weight is 525 g/mol. The van der Waals surface area contributed by atoms with Gasteiger partial charge in [-0.1, -0.05) is 23.7 Å². The molecule has 33 heavy (non-hydrogen) atoms. The predicted octanol–water partition coefficient (Wildman–Crippen LogP) is 2.94. The van der Waals surface area contributed by atoms with Crippen LogP contribution in [0.25, 0.3) is 10.1 Å². The Kier molecular flexibility index (Phi) is 6.87. The van der Waals surface area contributed by atoms with Gasteiger partial charge >= 0.3 is 0 Å². The Labute approximate surface area is 204 Å². The lowest BCUT2D eigenvalue weighted by Gasteiger charge is -2.34. The molecule has 4 rings (SSSR count). The fourth-order valence-corrected chi connectivity index (χ4v) is 7.82. The van der Waals surface area contributed by atoms with Gasteiger partial charge in [-0.3, -0.25) is 9.59 Å². The third-order valence-corrected chi connectivity index (χ3v) is 9.81. The molecule has 2 aromatic heterocycles. The van der Waals surface area contributed by atoms with E-state index < -0.39 is 21.2 Å². The van der Waals surface area contributed by atoms with Crippen LogP contribution in [0.5, 0.6) is 0 Å². The lowest BCUT2D eigenvalue weighted by atomic mass is 10.2. The zero-order chi connectivity index (χ0) is 23.8. The molecule has 1 aromatic carbocycles. The molecule has 1 aliphatic heterocycles. The first-order valence-electron chi connectivity index (χ1n) is 9.97. The van der Waals surface area contributed by atoms with Crippen LogP contribution in [0.1, 0.15) is 20.8 Å². The van der Waals surface area contributed by atoms with Crippen molar-refractivity contribution in [1.29, 1.82) is 0 Å². The number of hydrogen-bond acceptors (Lipinski definition) is 7. The van der Waals surface area contributed by atoms with E-state index in [4.69, 9.17) is 17.3 Å². The summed E-state index contributed by atoms with van der Waals surface area (Å²) in [4.78, 5) is 30.3. The highest BCUT2D eigenvalue weighted by Gasteiger charge is 2.37. The fourth-order valence-electron chi connectivity index (χ4n) is 3.63. The van der Waals surface area contributed by atoms with Crippen molar-refractivity contribution in [2.45, 2.75) is 18.2 Å². The molecule has 12 heteroatoms. The van der Waals surface area contributed by atoms with Crippen LogP contribution < -0.4 is 5.73 Å². The van der Waals surface area contributed by atoms with Crippen molar-refractivity contribution < 1.29 is 18.0 Å². The zero-order valence-electron chi connectivity index (χ0n) is 17.4. The standard InChI is InChI=1S/C21H21ClN4O4S3/c1-2-18(17-7-13-3-4-14(22)8-16(13)32-17)33(29,30)26-6-5-25(21(28)11-26)10-20-24-15(12-31-20)9-19(23)27/h2-4,7-8,12,18H,1,5-6,9-11H2,(H2,23,27). The van der Waals surface area contributed by atoms with Gasteiger partial charge < -0.3 is 10.6 Å². The van der Waals surface area contributed by atoms with Crippen molar-refractivity contribution in [2.75, 3.05) is 19.6 Å². The Morgan fingerprint density at radius 3 is 2.82 bits per heavy atom. The minimum atomic E-state index is -3.84. The van der Waals surface area contributed by atoms with Gasteiger partial charge in [-0.25, -0.2) is 13.4 Å². The Balaban J connectivity index is 1.47. The number of fused-ring (bicyclic) bond motifs is 1. The first-order valence-corrected chi connectivity index (χ1v) is 13.5. The van der Waals surface area contributed by atoms with Gasteiger partial charge in [0.05, 0.1) is 25.2 Å². The number of primary amides is 1. The van der Waals surface area contributed by atoms with Gasteiger partial charge in [-0.15, -0.1) is 29.3 Å². The van der Waals surface area contributed by atoms with Crippen LogP contribution in [0.3, 0.4) is 0 Å². The second kappa shape index (κ2) is 9.51. The van der Waals surface area contributed by atoms with Crippen molar-refractivity contribution in [3.8, 4) is 0 Å². The average Bonchev–Trinajstić information content (AvgIpc) is 3.35. The number of thiazole rings is 1. The van der Waals surface area contributed by atoms with Crippen molar-refractivity contribution in [3.63, 3.8) is 0 Å². The first-order chi connectivity index (χ1) is 15.7. The molecule has 2 N–H and O–H groups in total. The third kappa shape index (κ3) is 5.12. The number of aromatic nitrogens is 1. The molecule has 3 heterocycles. The van der Waals surface area contributed by atoms with E-state index in [2.05, 4.69) is 11.6 Å². The van der Waals surface area contributed by atoms with E-state index in [-0.39, 0.29) is 38.5 Å². The molecule has 0 bridgehead atoms. The van der Waals surface area contributed by atoms with Gasteiger partial charge in [0.2, 0.25) is 21.8 Å². The number of nitrogens with zero attached hydrogens (tertiary/aromatic N) is 3. The smallest absolute Gasteiger partial charge is 0.238 e. The maximum Gasteiger partial charge on any atom is 0.238 e. The summed E-state index contributed by atoms with van der Waals surface area (Å²) in [5, 5.41) is 2.93. The van der Waals surface area contributed by atoms with Gasteiger partial charge in [0, 0.05) is 33.1 Å². The molecular weight excluding hydrogens is 504 g/mol. The number of piperazine rings is 1. The van der Waals surface area contributed by atoms with E-state index in [9.17, 15) is 18.0 Å². The van der Waals surface area contributed by atoms with Gasteiger partial charge in [-0.05, 0) is 23.6 Å². The summed E-state index contributed by atoms with van der Waals surface area (Å²) in [5.41, 5.74) is 5.75. The van der Waals surface area contributed by atoms with Crippen molar-refractivity contribution in [2.24, 2.45) is 5.73 Å². The molecule has 0 spiro atoms. The van der Waals surface area contributed by atoms with E-state index in [1.807, 2.05) is 12.1 Å². The SMILES string of the molecule is C=CC(c1cc2ccc(Cl)cc2s1)S(=O)(=O)N1CCN(Cc2nc(CC(N)=O)cs2)C(=O)C1. The normalized spacial score (nSPS) is 16.3. The number of halogens is 1. The lowest BCUT2D eigenvalue weighted by molar-refractivity contribution is -0.134. The van der Waals surface area contributed by atoms with E-state index in [1.54, 1.807) is 22.4 Å². The molecule has 174 valence electrons. The molecule has 1 saturated heterocycles. The van der Waals surface area contributed by atoms with Crippen molar-refractivity contribution >= 4 is 66.2 Å². The number of thiophene rings is 1. The van der Waals surface area contributed by atoms with E-state index in [0.29, 0.717) is 20.6 Å². The van der Waals surface area contributed by atoms with Crippen LogP contribution in [-0.4, -0.2) is 54.1 Å². The number of sulfonamides is 1. The third-order valence-electron chi connectivity index (χ3n) is 5.24. The zero-order valence-corrected chi connectivity index (χ0v) is 20.6. The minimum absolute atomic E-state index is 0.0450. The number of amides is 2. The van der Waals surface area contributed by atoms with Crippen molar-refractivity contribution in [3.05, 3.63) is 62.9 Å². The summed E-state index contributed by atoms with van der Waals surface area (Å²) < 4.78 is 28.9. The molecule has 1 atom stereocenters. The largest absolute Gasteiger partial charge is 0.369 e. The Hall–Kier alpha value is -2.31. The van der Waals surface area contributed by atoms with Crippen LogP contribution in [-0.2, 0) is 32.6 Å². The molecule has 3 aromatic rings. The van der Waals surface area contributed by atoms with Gasteiger partial charge in [0.1, 0.15) is 10.3 Å². The summed E-state index contributed by atoms with van der Waals surface area (Å²) in [7, 11) is -3.84. The summed E-state index contributed by atoms with van der Waals surface area (Å²) in [6, 6.07) is 7.23. The molecule has 0 radical (unpaired) electrons. The maximum atomic E-state index is 13.4. The second-order valence-corrected chi connectivity index (χ2v) is 12.1. The molecular formula is C21H21ClN4O4S3. The Bertz CT molecular complexity index is 1330. The van der Waals surface area contributed by atoms with Gasteiger partial charge in [0.25, 0.3) is 0 Å². The number of nitrogens with two attached hydrogens (primary N) is 1. The summed E-state index contributed by atoms with van der Waals surface area (Å²) in [6.07, 6.45) is 1.44. The molecule has 1 fully saturated rings. The molecule has 1 aliphatic rings. The number of hydrogen-bond donors (Lipinski definition) is 1. The molecule has 8 nitrogen and oxygen atoms in total. The molecule has 2 amide bonds. The second-order valence-electron chi connectivity index (χ2n) is 7.56. The quantitative estimate of drug-likeness (QED) is 0.455. The highest BCUT2D eigenvalue weighted by Crippen LogP contribution is 2.37. The summed E-state index contributed by atoms with van der Waals surface area (Å²) in [5.74, 6) is -0.775. The Morgan fingerprint density at radius 1 is 1.33 bits per heavy atom. The van der Waals surface area contributed by atoms with Crippen molar-refractivity contribution in [1.82, 2.24) is 14.2 Å². The van der Waals surface area contributed by atoms with E-state index >= 15 is 0 Å². The fraction of sp³-hybridized carbons (Fsp3) is 0.286. The van der Waals surface area contributed by atoms with E-state index in [1.165, 1.54) is 33.1 Å². The number of carbonyl (C=O) groups excluding carboxylic acids is 2. The number of carbonyl (C=O) groups is 2. The predicted molar refractivity (Wildman–Crippen MR) is 131 cm³/mol. The van der Waals surface area contributed by atoms with Gasteiger partial charge in [-0.2, -0.15) is 4.31 Å². The number of rotatable bonds is 8. The lowest BCUT2D eigenvalue weighted by Crippen LogP contribution is -2.52. The van der Waals surface area contributed by atoms with E-state index in [0.717, 1.165) is 10.1 Å². The first kappa shape index (κ1) is 23.8. The molecule has 0 saturated carbocycles. The highest BCUT2D eigenvalue weighted by molar-refractivity contribution is 7.89. The monoisotopic (exact) mass is 524 g/mol. The molecule has 1 unspecified atom stereocenters. The van der Waals surface area contributed by atoms with Gasteiger partial charge in [0.15, 0.2) is 0 Å². The maximum absolute atomic E-state index is 13.4. The summed E-state index contributed by atoms with van der Waals surface area (Å²) >= 11 is 8.74. The summed E-state index contributed by atoms with van der Waals surface area (Å²) in [6.45, 7) is 4.17. The van der Waals surface area contributed by atoms with Crippen LogP contribution in [0.15, 0.2) is 42.3 Å². The Morgan fingerprint density at radius 2 is 2.12 bits per heavy atom. The molecule has 0 aliphatic carbocycles.